The largest absolute Gasteiger partial charge is 0.358 e. The molecule has 0 aliphatic rings. The quantitative estimate of drug-likeness (QED) is 0.713. The molecule has 0 radical (unpaired) electrons. The van der Waals surface area contributed by atoms with Crippen LogP contribution in [0.2, 0.25) is 15.1 Å². The van der Waals surface area contributed by atoms with Gasteiger partial charge in [-0.05, 0) is 60.6 Å². The van der Waals surface area contributed by atoms with Gasteiger partial charge in [0.2, 0.25) is 0 Å². The summed E-state index contributed by atoms with van der Waals surface area (Å²) in [5, 5.41) is 8.56. The first-order valence-electron chi connectivity index (χ1n) is 6.20. The van der Waals surface area contributed by atoms with Crippen LogP contribution < -0.4 is 10.6 Å². The van der Waals surface area contributed by atoms with Crippen molar-refractivity contribution >= 4 is 57.8 Å². The summed E-state index contributed by atoms with van der Waals surface area (Å²) in [6.45, 7) is 2.53. The van der Waals surface area contributed by atoms with Crippen LogP contribution in [0.25, 0.3) is 0 Å². The van der Waals surface area contributed by atoms with Crippen LogP contribution in [0.3, 0.4) is 0 Å². The van der Waals surface area contributed by atoms with Crippen LogP contribution in [0.15, 0.2) is 36.4 Å². The van der Waals surface area contributed by atoms with Gasteiger partial charge in [0.25, 0.3) is 0 Å². The molecule has 2 rings (SSSR count). The monoisotopic (exact) mass is 358 g/mol. The van der Waals surface area contributed by atoms with Crippen LogP contribution >= 0.6 is 47.0 Å². The van der Waals surface area contributed by atoms with E-state index in [4.69, 9.17) is 47.0 Å². The van der Waals surface area contributed by atoms with Gasteiger partial charge in [0.15, 0.2) is 5.11 Å². The molecule has 2 N–H and O–H groups in total. The number of anilines is 1. The molecule has 110 valence electrons. The topological polar surface area (TPSA) is 24.1 Å². The number of hydrogen-bond acceptors (Lipinski definition) is 1. The lowest BCUT2D eigenvalue weighted by Gasteiger charge is -2.13. The number of halogens is 3. The number of thiocarbonyl (C=S) groups is 1. The van der Waals surface area contributed by atoms with Crippen molar-refractivity contribution in [3.63, 3.8) is 0 Å². The molecule has 0 aliphatic heterocycles. The first kappa shape index (κ1) is 16.4. The molecule has 0 amide bonds. The first-order valence-corrected chi connectivity index (χ1v) is 7.75. The van der Waals surface area contributed by atoms with Crippen LogP contribution in [0.1, 0.15) is 11.1 Å². The Hall–Kier alpha value is -1.000. The maximum atomic E-state index is 5.97. The van der Waals surface area contributed by atoms with Crippen molar-refractivity contribution in [2.75, 3.05) is 5.32 Å². The van der Waals surface area contributed by atoms with Gasteiger partial charge in [0, 0.05) is 17.3 Å². The van der Waals surface area contributed by atoms with Gasteiger partial charge in [-0.25, -0.2) is 0 Å². The lowest BCUT2D eigenvalue weighted by Crippen LogP contribution is -2.28. The maximum absolute atomic E-state index is 5.97. The highest BCUT2D eigenvalue weighted by molar-refractivity contribution is 7.80. The van der Waals surface area contributed by atoms with Gasteiger partial charge in [-0.1, -0.05) is 40.9 Å². The molecule has 2 aromatic rings. The van der Waals surface area contributed by atoms with Crippen molar-refractivity contribution in [2.45, 2.75) is 13.5 Å². The first-order chi connectivity index (χ1) is 9.95. The predicted octanol–water partition coefficient (Wildman–Crippen LogP) is 5.44. The fourth-order valence-electron chi connectivity index (χ4n) is 1.77. The van der Waals surface area contributed by atoms with Gasteiger partial charge in [0.1, 0.15) is 0 Å². The van der Waals surface area contributed by atoms with Crippen molar-refractivity contribution in [2.24, 2.45) is 0 Å². The number of nitrogens with one attached hydrogen (secondary N) is 2. The Labute approximate surface area is 144 Å². The molecular weight excluding hydrogens is 347 g/mol. The highest BCUT2D eigenvalue weighted by atomic mass is 35.5. The van der Waals surface area contributed by atoms with Crippen molar-refractivity contribution in [3.05, 3.63) is 62.6 Å². The molecule has 0 unspecified atom stereocenters. The Morgan fingerprint density at radius 1 is 1.05 bits per heavy atom. The summed E-state index contributed by atoms with van der Waals surface area (Å²) in [6.07, 6.45) is 0. The summed E-state index contributed by atoms with van der Waals surface area (Å²) in [5.41, 5.74) is 2.95. The summed E-state index contributed by atoms with van der Waals surface area (Å²) >= 11 is 23.0. The minimum absolute atomic E-state index is 0.531. The van der Waals surface area contributed by atoms with Gasteiger partial charge in [-0.2, -0.15) is 0 Å². The molecule has 0 saturated heterocycles. The average molecular weight is 360 g/mol. The molecule has 21 heavy (non-hydrogen) atoms. The highest BCUT2D eigenvalue weighted by Crippen LogP contribution is 2.22. The third-order valence-electron chi connectivity index (χ3n) is 2.87. The third-order valence-corrected chi connectivity index (χ3v) is 4.09. The molecule has 2 aromatic carbocycles. The molecule has 0 aromatic heterocycles. The van der Waals surface area contributed by atoms with E-state index in [0.717, 1.165) is 16.8 Å². The van der Waals surface area contributed by atoms with Crippen LogP contribution in [0.4, 0.5) is 5.69 Å². The highest BCUT2D eigenvalue weighted by Gasteiger charge is 2.03. The predicted molar refractivity (Wildman–Crippen MR) is 95.7 cm³/mol. The minimum Gasteiger partial charge on any atom is -0.358 e. The van der Waals surface area contributed by atoms with Crippen molar-refractivity contribution in [3.8, 4) is 0 Å². The normalized spacial score (nSPS) is 10.3. The minimum atomic E-state index is 0.531. The molecule has 0 saturated carbocycles. The fourth-order valence-corrected chi connectivity index (χ4v) is 2.50. The SMILES string of the molecule is Cc1cc(Cl)ccc1NC(=S)NCc1ccc(Cl)c(Cl)c1. The van der Waals surface area contributed by atoms with Gasteiger partial charge < -0.3 is 10.6 Å². The Kier molecular flexibility index (Phi) is 5.71. The second-order valence-electron chi connectivity index (χ2n) is 4.52. The van der Waals surface area contributed by atoms with E-state index in [9.17, 15) is 0 Å². The molecule has 0 bridgehead atoms. The summed E-state index contributed by atoms with van der Waals surface area (Å²) in [5.74, 6) is 0. The van der Waals surface area contributed by atoms with Crippen molar-refractivity contribution < 1.29 is 0 Å². The zero-order valence-corrected chi connectivity index (χ0v) is 14.3. The van der Waals surface area contributed by atoms with Gasteiger partial charge in [0.05, 0.1) is 10.0 Å². The molecule has 0 aliphatic carbocycles. The van der Waals surface area contributed by atoms with E-state index in [0.29, 0.717) is 26.7 Å². The molecule has 0 spiro atoms. The smallest absolute Gasteiger partial charge is 0.171 e. The lowest BCUT2D eigenvalue weighted by atomic mass is 10.2. The van der Waals surface area contributed by atoms with Crippen LogP contribution in [-0.4, -0.2) is 5.11 Å². The van der Waals surface area contributed by atoms with E-state index < -0.39 is 0 Å². The average Bonchev–Trinajstić information content (AvgIpc) is 2.43. The molecular formula is C15H13Cl3N2S. The van der Waals surface area contributed by atoms with E-state index >= 15 is 0 Å². The van der Waals surface area contributed by atoms with Gasteiger partial charge in [-0.3, -0.25) is 0 Å². The summed E-state index contributed by atoms with van der Waals surface area (Å²) in [6, 6.07) is 11.1. The second-order valence-corrected chi connectivity index (χ2v) is 6.17. The van der Waals surface area contributed by atoms with E-state index in [1.807, 2.05) is 37.3 Å². The van der Waals surface area contributed by atoms with Gasteiger partial charge in [-0.15, -0.1) is 0 Å². The Bertz CT molecular complexity index is 674. The maximum Gasteiger partial charge on any atom is 0.171 e. The number of hydrogen-bond donors (Lipinski definition) is 2. The van der Waals surface area contributed by atoms with E-state index in [-0.39, 0.29) is 0 Å². The molecule has 0 atom stereocenters. The van der Waals surface area contributed by atoms with Crippen molar-refractivity contribution in [1.29, 1.82) is 0 Å². The Balaban J connectivity index is 1.94. The zero-order valence-electron chi connectivity index (χ0n) is 11.2. The van der Waals surface area contributed by atoms with Crippen molar-refractivity contribution in [1.82, 2.24) is 5.32 Å². The van der Waals surface area contributed by atoms with E-state index in [2.05, 4.69) is 10.6 Å². The standard InChI is InChI=1S/C15H13Cl3N2S/c1-9-6-11(16)3-5-14(9)20-15(21)19-8-10-2-4-12(17)13(18)7-10/h2-7H,8H2,1H3,(H2,19,20,21). The molecule has 0 heterocycles. The third kappa shape index (κ3) is 4.75. The summed E-state index contributed by atoms with van der Waals surface area (Å²) in [4.78, 5) is 0. The Morgan fingerprint density at radius 3 is 2.48 bits per heavy atom. The number of benzene rings is 2. The lowest BCUT2D eigenvalue weighted by molar-refractivity contribution is 0.926. The second kappa shape index (κ2) is 7.32. The zero-order chi connectivity index (χ0) is 15.4. The van der Waals surface area contributed by atoms with Crippen LogP contribution in [0.5, 0.6) is 0 Å². The van der Waals surface area contributed by atoms with Crippen LogP contribution in [0, 0.1) is 6.92 Å². The summed E-state index contributed by atoms with van der Waals surface area (Å²) in [7, 11) is 0. The number of aryl methyl sites for hydroxylation is 1. The number of rotatable bonds is 3. The fraction of sp³-hybridized carbons (Fsp3) is 0.133. The molecule has 2 nitrogen and oxygen atoms in total. The summed E-state index contributed by atoms with van der Waals surface area (Å²) < 4.78 is 0. The van der Waals surface area contributed by atoms with Crippen LogP contribution in [-0.2, 0) is 6.54 Å². The van der Waals surface area contributed by atoms with Gasteiger partial charge >= 0.3 is 0 Å². The van der Waals surface area contributed by atoms with E-state index in [1.54, 1.807) is 6.07 Å². The Morgan fingerprint density at radius 2 is 1.81 bits per heavy atom. The molecule has 6 heteroatoms. The van der Waals surface area contributed by atoms with E-state index in [1.165, 1.54) is 0 Å². The molecule has 0 fully saturated rings.